The van der Waals surface area contributed by atoms with Crippen LogP contribution in [0.25, 0.3) is 0 Å². The molecular weight excluding hydrogens is 320 g/mol. The van der Waals surface area contributed by atoms with Gasteiger partial charge in [0.15, 0.2) is 0 Å². The molecule has 0 aromatic rings. The number of hydrogen-bond donors (Lipinski definition) is 10. The zero-order valence-electron chi connectivity index (χ0n) is 12.1. The summed E-state index contributed by atoms with van der Waals surface area (Å²) in [4.78, 5) is 0. The summed E-state index contributed by atoms with van der Waals surface area (Å²) in [5.41, 5.74) is 0. The van der Waals surface area contributed by atoms with Crippen molar-refractivity contribution in [1.82, 2.24) is 0 Å². The average Bonchev–Trinajstić information content (AvgIpc) is 2.56. The molecule has 138 valence electrons. The number of aliphatic hydroxyl groups excluding tert-OH is 10. The molecule has 0 aliphatic carbocycles. The lowest BCUT2D eigenvalue weighted by Crippen LogP contribution is -2.64. The van der Waals surface area contributed by atoms with Crippen molar-refractivity contribution in [2.75, 3.05) is 13.2 Å². The number of hydrogen-bond acceptors (Lipinski definition) is 11. The molecule has 10 atom stereocenters. The van der Waals surface area contributed by atoms with Gasteiger partial charge < -0.3 is 55.8 Å². The van der Waals surface area contributed by atoms with Gasteiger partial charge in [-0.1, -0.05) is 0 Å². The second-order valence-electron chi connectivity index (χ2n) is 5.51. The Morgan fingerprint density at radius 3 is 1.78 bits per heavy atom. The van der Waals surface area contributed by atoms with Gasteiger partial charge in [0.2, 0.25) is 0 Å². The summed E-state index contributed by atoms with van der Waals surface area (Å²) in [6.07, 6.45) is -18.4. The fourth-order valence-electron chi connectivity index (χ4n) is 2.35. The first-order valence-corrected chi connectivity index (χ1v) is 6.99. The van der Waals surface area contributed by atoms with Gasteiger partial charge in [0.25, 0.3) is 0 Å². The van der Waals surface area contributed by atoms with E-state index >= 15 is 0 Å². The molecular formula is C12H24O11. The molecule has 0 saturated carbocycles. The number of rotatable bonds is 7. The van der Waals surface area contributed by atoms with Crippen molar-refractivity contribution < 1.29 is 55.8 Å². The molecule has 23 heavy (non-hydrogen) atoms. The molecule has 1 saturated heterocycles. The van der Waals surface area contributed by atoms with Crippen molar-refractivity contribution >= 4 is 0 Å². The number of aliphatic hydroxyl groups is 10. The first-order chi connectivity index (χ1) is 10.7. The third-order valence-corrected chi connectivity index (χ3v) is 3.90. The highest BCUT2D eigenvalue weighted by Gasteiger charge is 2.49. The van der Waals surface area contributed by atoms with E-state index in [1.807, 2.05) is 0 Å². The highest BCUT2D eigenvalue weighted by molar-refractivity contribution is 4.98. The van der Waals surface area contributed by atoms with Crippen LogP contribution in [-0.2, 0) is 4.74 Å². The summed E-state index contributed by atoms with van der Waals surface area (Å²) in [5, 5.41) is 94.9. The van der Waals surface area contributed by atoms with E-state index in [1.165, 1.54) is 0 Å². The topological polar surface area (TPSA) is 212 Å². The van der Waals surface area contributed by atoms with Gasteiger partial charge in [-0.15, -0.1) is 0 Å². The quantitative estimate of drug-likeness (QED) is 0.210. The lowest BCUT2D eigenvalue weighted by molar-refractivity contribution is -0.264. The van der Waals surface area contributed by atoms with Gasteiger partial charge in [-0.25, -0.2) is 0 Å². The Labute approximate surface area is 131 Å². The summed E-state index contributed by atoms with van der Waals surface area (Å²) in [6, 6.07) is 0. The number of ether oxygens (including phenoxy) is 1. The first-order valence-electron chi connectivity index (χ1n) is 6.99. The maximum atomic E-state index is 9.98. The zero-order chi connectivity index (χ0) is 17.9. The van der Waals surface area contributed by atoms with Gasteiger partial charge in [-0.05, 0) is 0 Å². The predicted molar refractivity (Wildman–Crippen MR) is 70.9 cm³/mol. The van der Waals surface area contributed by atoms with Gasteiger partial charge >= 0.3 is 0 Å². The van der Waals surface area contributed by atoms with Crippen LogP contribution in [0.2, 0.25) is 0 Å². The van der Waals surface area contributed by atoms with Crippen molar-refractivity contribution in [2.24, 2.45) is 0 Å². The highest BCUT2D eigenvalue weighted by atomic mass is 16.6. The standard InChI is InChI=1S/C12H24O11/c13-1-3(15)5(16)7(18)9(20)11(22)12-10(21)8(19)6(17)4(2-14)23-12/h3-22H,1-2H2/t3-,4-,5+,6-,7-,8+,9+,10-,11?,12?/m1/s1. The fraction of sp³-hybridized carbons (Fsp3) is 1.00. The average molecular weight is 344 g/mol. The van der Waals surface area contributed by atoms with E-state index in [9.17, 15) is 40.9 Å². The molecule has 1 aliphatic rings. The van der Waals surface area contributed by atoms with Crippen LogP contribution in [0, 0.1) is 0 Å². The minimum Gasteiger partial charge on any atom is -0.394 e. The molecule has 0 bridgehead atoms. The maximum Gasteiger partial charge on any atom is 0.115 e. The molecule has 1 heterocycles. The summed E-state index contributed by atoms with van der Waals surface area (Å²) in [5.74, 6) is 0. The van der Waals surface area contributed by atoms with Crippen LogP contribution in [0.4, 0.5) is 0 Å². The molecule has 0 radical (unpaired) electrons. The van der Waals surface area contributed by atoms with Crippen LogP contribution in [-0.4, -0.2) is 125 Å². The third-order valence-electron chi connectivity index (χ3n) is 3.90. The molecule has 1 aliphatic heterocycles. The van der Waals surface area contributed by atoms with E-state index in [1.54, 1.807) is 0 Å². The van der Waals surface area contributed by atoms with Crippen molar-refractivity contribution in [1.29, 1.82) is 0 Å². The van der Waals surface area contributed by atoms with Crippen LogP contribution in [0.3, 0.4) is 0 Å². The lowest BCUT2D eigenvalue weighted by atomic mass is 9.88. The minimum atomic E-state index is -2.13. The Balaban J connectivity index is 2.83. The Kier molecular flexibility index (Phi) is 7.70. The van der Waals surface area contributed by atoms with E-state index in [4.69, 9.17) is 14.9 Å². The van der Waals surface area contributed by atoms with Gasteiger partial charge in [-0.2, -0.15) is 0 Å². The lowest BCUT2D eigenvalue weighted by Gasteiger charge is -2.43. The van der Waals surface area contributed by atoms with E-state index in [0.717, 1.165) is 0 Å². The van der Waals surface area contributed by atoms with Gasteiger partial charge in [0.05, 0.1) is 13.2 Å². The first kappa shape index (κ1) is 20.6. The maximum absolute atomic E-state index is 9.98. The van der Waals surface area contributed by atoms with E-state index in [2.05, 4.69) is 0 Å². The Bertz CT molecular complexity index is 354. The molecule has 2 unspecified atom stereocenters. The van der Waals surface area contributed by atoms with Crippen LogP contribution in [0.15, 0.2) is 0 Å². The monoisotopic (exact) mass is 344 g/mol. The van der Waals surface area contributed by atoms with E-state index in [0.29, 0.717) is 0 Å². The van der Waals surface area contributed by atoms with E-state index < -0.39 is 74.3 Å². The zero-order valence-corrected chi connectivity index (χ0v) is 12.1. The summed E-state index contributed by atoms with van der Waals surface area (Å²) in [6.45, 7) is -1.67. The summed E-state index contributed by atoms with van der Waals surface area (Å²) >= 11 is 0. The van der Waals surface area contributed by atoms with Crippen LogP contribution in [0.1, 0.15) is 0 Å². The van der Waals surface area contributed by atoms with Gasteiger partial charge in [-0.3, -0.25) is 0 Å². The summed E-state index contributed by atoms with van der Waals surface area (Å²) in [7, 11) is 0. The van der Waals surface area contributed by atoms with Crippen molar-refractivity contribution in [3.63, 3.8) is 0 Å². The molecule has 1 fully saturated rings. The smallest absolute Gasteiger partial charge is 0.115 e. The molecule has 0 aromatic carbocycles. The molecule has 0 amide bonds. The van der Waals surface area contributed by atoms with Gasteiger partial charge in [0, 0.05) is 0 Å². The third kappa shape index (κ3) is 4.35. The second kappa shape index (κ2) is 8.60. The molecule has 0 spiro atoms. The van der Waals surface area contributed by atoms with Crippen LogP contribution >= 0.6 is 0 Å². The highest BCUT2D eigenvalue weighted by Crippen LogP contribution is 2.25. The summed E-state index contributed by atoms with van der Waals surface area (Å²) < 4.78 is 5.01. The fourth-order valence-corrected chi connectivity index (χ4v) is 2.35. The molecule has 10 N–H and O–H groups in total. The van der Waals surface area contributed by atoms with Gasteiger partial charge in [0.1, 0.15) is 61.0 Å². The van der Waals surface area contributed by atoms with Crippen molar-refractivity contribution in [3.8, 4) is 0 Å². The van der Waals surface area contributed by atoms with Crippen molar-refractivity contribution in [2.45, 2.75) is 61.0 Å². The Morgan fingerprint density at radius 1 is 0.739 bits per heavy atom. The van der Waals surface area contributed by atoms with Crippen LogP contribution < -0.4 is 0 Å². The molecule has 1 rings (SSSR count). The Hall–Kier alpha value is -0.440. The normalized spacial score (nSPS) is 38.6. The van der Waals surface area contributed by atoms with Crippen LogP contribution in [0.5, 0.6) is 0 Å². The predicted octanol–water partition coefficient (Wildman–Crippen LogP) is -6.37. The minimum absolute atomic E-state index is 0.751. The SMILES string of the molecule is OC[C@@H](O)[C@H](O)[C@@H](O)[C@H](O)C(O)C1O[C@H](CO)[C@@H](O)[C@H](O)[C@H]1O. The Morgan fingerprint density at radius 2 is 1.30 bits per heavy atom. The molecule has 11 heteroatoms. The second-order valence-corrected chi connectivity index (χ2v) is 5.51. The molecule has 0 aromatic heterocycles. The van der Waals surface area contributed by atoms with Crippen molar-refractivity contribution in [3.05, 3.63) is 0 Å². The largest absolute Gasteiger partial charge is 0.394 e. The molecule has 11 nitrogen and oxygen atoms in total. The van der Waals surface area contributed by atoms with E-state index in [-0.39, 0.29) is 0 Å².